The van der Waals surface area contributed by atoms with Crippen molar-refractivity contribution < 1.29 is 9.90 Å². The maximum Gasteiger partial charge on any atom is 0.253 e. The number of nitrogens with zero attached hydrogens (tertiary/aromatic N) is 2. The van der Waals surface area contributed by atoms with Crippen molar-refractivity contribution in [2.24, 2.45) is 0 Å². The lowest BCUT2D eigenvalue weighted by atomic mass is 10.1. The summed E-state index contributed by atoms with van der Waals surface area (Å²) in [5.41, 5.74) is 0.492. The molecular weight excluding hydrogens is 314 g/mol. The van der Waals surface area contributed by atoms with Crippen LogP contribution >= 0.6 is 11.6 Å². The summed E-state index contributed by atoms with van der Waals surface area (Å²) in [5.74, 6) is 0.988. The number of nitrogens with one attached hydrogen (secondary N) is 1. The number of imidazole rings is 1. The summed E-state index contributed by atoms with van der Waals surface area (Å²) in [5, 5.41) is 13.3. The van der Waals surface area contributed by atoms with Crippen molar-refractivity contribution in [1.29, 1.82) is 0 Å². The summed E-state index contributed by atoms with van der Waals surface area (Å²) < 4.78 is 2.09. The van der Waals surface area contributed by atoms with Gasteiger partial charge in [-0.05, 0) is 24.1 Å². The minimum absolute atomic E-state index is 0.365. The monoisotopic (exact) mass is 335 g/mol. The zero-order valence-electron chi connectivity index (χ0n) is 13.4. The molecule has 1 heterocycles. The molecule has 1 aromatic carbocycles. The first-order valence-electron chi connectivity index (χ1n) is 7.71. The number of rotatable bonds is 7. The number of aromatic nitrogens is 2. The highest BCUT2D eigenvalue weighted by Gasteiger charge is 2.17. The Balaban J connectivity index is 1.79. The standard InChI is InChI=1S/C17H22ClN3O2/c1-12(2)16-19-8-10-21(16)9-4-7-20-17(23)15(22)13-5-3-6-14(18)11-13/h3,5-6,8,10-12,15,22H,4,7,9H2,1-2H3,(H,20,23)/t15-/m1/s1. The van der Waals surface area contributed by atoms with Crippen LogP contribution in [0.2, 0.25) is 5.02 Å². The van der Waals surface area contributed by atoms with Gasteiger partial charge >= 0.3 is 0 Å². The van der Waals surface area contributed by atoms with Gasteiger partial charge in [0.25, 0.3) is 5.91 Å². The van der Waals surface area contributed by atoms with Gasteiger partial charge in [-0.3, -0.25) is 4.79 Å². The molecule has 2 aromatic rings. The van der Waals surface area contributed by atoms with E-state index in [1.807, 2.05) is 6.20 Å². The molecule has 0 fully saturated rings. The summed E-state index contributed by atoms with van der Waals surface area (Å²) in [6.45, 7) is 5.47. The predicted molar refractivity (Wildman–Crippen MR) is 90.4 cm³/mol. The van der Waals surface area contributed by atoms with Crippen molar-refractivity contribution in [1.82, 2.24) is 14.9 Å². The fourth-order valence-electron chi connectivity index (χ4n) is 2.40. The summed E-state index contributed by atoms with van der Waals surface area (Å²) in [6, 6.07) is 6.68. The molecule has 5 nitrogen and oxygen atoms in total. The van der Waals surface area contributed by atoms with E-state index in [0.29, 0.717) is 23.0 Å². The van der Waals surface area contributed by atoms with Gasteiger partial charge in [-0.1, -0.05) is 37.6 Å². The summed E-state index contributed by atoms with van der Waals surface area (Å²) in [7, 11) is 0. The number of carbonyl (C=O) groups excluding carboxylic acids is 1. The Kier molecular flexibility index (Phi) is 6.19. The van der Waals surface area contributed by atoms with E-state index < -0.39 is 12.0 Å². The van der Waals surface area contributed by atoms with Gasteiger partial charge in [-0.15, -0.1) is 0 Å². The molecule has 1 aromatic heterocycles. The predicted octanol–water partition coefficient (Wildman–Crippen LogP) is 2.90. The molecule has 0 aliphatic heterocycles. The highest BCUT2D eigenvalue weighted by Crippen LogP contribution is 2.17. The zero-order chi connectivity index (χ0) is 16.8. The number of aliphatic hydroxyl groups is 1. The second-order valence-corrected chi connectivity index (χ2v) is 6.17. The number of halogens is 1. The third-order valence-corrected chi connectivity index (χ3v) is 3.79. The minimum Gasteiger partial charge on any atom is -0.378 e. The van der Waals surface area contributed by atoms with Crippen molar-refractivity contribution in [2.75, 3.05) is 6.54 Å². The van der Waals surface area contributed by atoms with E-state index in [0.717, 1.165) is 18.8 Å². The van der Waals surface area contributed by atoms with Gasteiger partial charge in [0.1, 0.15) is 5.82 Å². The number of aryl methyl sites for hydroxylation is 1. The lowest BCUT2D eigenvalue weighted by Crippen LogP contribution is -2.30. The fraction of sp³-hybridized carbons (Fsp3) is 0.412. The highest BCUT2D eigenvalue weighted by molar-refractivity contribution is 6.30. The van der Waals surface area contributed by atoms with Crippen LogP contribution in [0.4, 0.5) is 0 Å². The number of benzene rings is 1. The molecule has 23 heavy (non-hydrogen) atoms. The number of amides is 1. The van der Waals surface area contributed by atoms with Crippen molar-refractivity contribution in [2.45, 2.75) is 38.8 Å². The van der Waals surface area contributed by atoms with E-state index >= 15 is 0 Å². The number of aliphatic hydroxyl groups excluding tert-OH is 1. The molecule has 2 N–H and O–H groups in total. The van der Waals surface area contributed by atoms with E-state index in [9.17, 15) is 9.90 Å². The van der Waals surface area contributed by atoms with Crippen molar-refractivity contribution in [3.63, 3.8) is 0 Å². The molecular formula is C17H22ClN3O2. The molecule has 0 bridgehead atoms. The van der Waals surface area contributed by atoms with Gasteiger partial charge < -0.3 is 15.0 Å². The van der Waals surface area contributed by atoms with Crippen LogP contribution in [-0.4, -0.2) is 27.1 Å². The van der Waals surface area contributed by atoms with E-state index in [4.69, 9.17) is 11.6 Å². The molecule has 0 aliphatic carbocycles. The smallest absolute Gasteiger partial charge is 0.253 e. The molecule has 1 amide bonds. The minimum atomic E-state index is -1.20. The van der Waals surface area contributed by atoms with E-state index in [2.05, 4.69) is 28.7 Å². The molecule has 2 rings (SSSR count). The van der Waals surface area contributed by atoms with Crippen molar-refractivity contribution in [3.05, 3.63) is 53.1 Å². The lowest BCUT2D eigenvalue weighted by molar-refractivity contribution is -0.129. The summed E-state index contributed by atoms with van der Waals surface area (Å²) >= 11 is 5.87. The van der Waals surface area contributed by atoms with Gasteiger partial charge in [0.05, 0.1) is 0 Å². The Morgan fingerprint density at radius 3 is 2.91 bits per heavy atom. The van der Waals surface area contributed by atoms with Crippen molar-refractivity contribution in [3.8, 4) is 0 Å². The van der Waals surface area contributed by atoms with Crippen LogP contribution < -0.4 is 5.32 Å². The Hall–Kier alpha value is -1.85. The van der Waals surface area contributed by atoms with Crippen LogP contribution in [-0.2, 0) is 11.3 Å². The Morgan fingerprint density at radius 2 is 2.22 bits per heavy atom. The molecule has 124 valence electrons. The molecule has 0 aliphatic rings. The Bertz CT molecular complexity index is 655. The van der Waals surface area contributed by atoms with Crippen LogP contribution in [0.5, 0.6) is 0 Å². The quantitative estimate of drug-likeness (QED) is 0.764. The molecule has 0 spiro atoms. The second kappa shape index (κ2) is 8.13. The molecule has 1 atom stereocenters. The van der Waals surface area contributed by atoms with Crippen LogP contribution in [0.15, 0.2) is 36.7 Å². The topological polar surface area (TPSA) is 67.2 Å². The average molecular weight is 336 g/mol. The highest BCUT2D eigenvalue weighted by atomic mass is 35.5. The van der Waals surface area contributed by atoms with Gasteiger partial charge in [-0.2, -0.15) is 0 Å². The van der Waals surface area contributed by atoms with Gasteiger partial charge in [0.15, 0.2) is 6.10 Å². The van der Waals surface area contributed by atoms with E-state index in [-0.39, 0.29) is 0 Å². The second-order valence-electron chi connectivity index (χ2n) is 5.74. The molecule has 6 heteroatoms. The van der Waals surface area contributed by atoms with E-state index in [1.54, 1.807) is 30.5 Å². The maximum absolute atomic E-state index is 12.0. The maximum atomic E-state index is 12.0. The Morgan fingerprint density at radius 1 is 1.43 bits per heavy atom. The van der Waals surface area contributed by atoms with Gasteiger partial charge in [0, 0.05) is 36.4 Å². The van der Waals surface area contributed by atoms with Crippen LogP contribution in [0.25, 0.3) is 0 Å². The lowest BCUT2D eigenvalue weighted by Gasteiger charge is -2.13. The number of carbonyl (C=O) groups is 1. The first kappa shape index (κ1) is 17.5. The molecule has 0 radical (unpaired) electrons. The summed E-state index contributed by atoms with van der Waals surface area (Å²) in [4.78, 5) is 16.3. The first-order chi connectivity index (χ1) is 11.0. The SMILES string of the molecule is CC(C)c1nccn1CCCNC(=O)[C@H](O)c1cccc(Cl)c1. The largest absolute Gasteiger partial charge is 0.378 e. The van der Waals surface area contributed by atoms with Gasteiger partial charge in [0.2, 0.25) is 0 Å². The zero-order valence-corrected chi connectivity index (χ0v) is 14.1. The van der Waals surface area contributed by atoms with Gasteiger partial charge in [-0.25, -0.2) is 4.98 Å². The fourth-order valence-corrected chi connectivity index (χ4v) is 2.59. The van der Waals surface area contributed by atoms with Crippen molar-refractivity contribution >= 4 is 17.5 Å². The molecule has 0 unspecified atom stereocenters. The first-order valence-corrected chi connectivity index (χ1v) is 8.09. The number of hydrogen-bond donors (Lipinski definition) is 2. The number of hydrogen-bond acceptors (Lipinski definition) is 3. The molecule has 0 saturated heterocycles. The van der Waals surface area contributed by atoms with Crippen LogP contribution in [0.1, 0.15) is 43.7 Å². The Labute approximate surface area is 141 Å². The normalized spacial score (nSPS) is 12.4. The third-order valence-electron chi connectivity index (χ3n) is 3.55. The molecule has 0 saturated carbocycles. The van der Waals surface area contributed by atoms with Crippen LogP contribution in [0.3, 0.4) is 0 Å². The van der Waals surface area contributed by atoms with E-state index in [1.165, 1.54) is 0 Å². The summed E-state index contributed by atoms with van der Waals surface area (Å²) in [6.07, 6.45) is 3.30. The third kappa shape index (κ3) is 4.81. The average Bonchev–Trinajstić information content (AvgIpc) is 2.99. The van der Waals surface area contributed by atoms with Crippen LogP contribution in [0, 0.1) is 0 Å².